The van der Waals surface area contributed by atoms with E-state index in [1.165, 1.54) is 6.08 Å². The normalized spacial score (nSPS) is 16.2. The van der Waals surface area contributed by atoms with E-state index in [0.29, 0.717) is 15.5 Å². The Labute approximate surface area is 135 Å². The van der Waals surface area contributed by atoms with E-state index >= 15 is 0 Å². The van der Waals surface area contributed by atoms with Gasteiger partial charge in [-0.2, -0.15) is 0 Å². The molecule has 0 saturated carbocycles. The Kier molecular flexibility index (Phi) is 3.75. The number of carbonyl (C=O) groups excluding carboxylic acids is 2. The van der Waals surface area contributed by atoms with Crippen molar-refractivity contribution in [3.8, 4) is 0 Å². The Morgan fingerprint density at radius 1 is 1.22 bits per heavy atom. The van der Waals surface area contributed by atoms with Gasteiger partial charge in [-0.1, -0.05) is 35.9 Å². The van der Waals surface area contributed by atoms with Gasteiger partial charge in [-0.25, -0.2) is 9.69 Å². The molecular formula is C16H11ClN2O4. The third-order valence-electron chi connectivity index (χ3n) is 3.42. The molecule has 2 aromatic carbocycles. The van der Waals surface area contributed by atoms with Gasteiger partial charge in [-0.15, -0.1) is 0 Å². The molecule has 3 amide bonds. The first-order valence-electron chi connectivity index (χ1n) is 6.70. The van der Waals surface area contributed by atoms with Crippen LogP contribution in [0.15, 0.2) is 42.1 Å². The number of hydrogen-bond donors (Lipinski definition) is 2. The highest BCUT2D eigenvalue weighted by atomic mass is 35.5. The van der Waals surface area contributed by atoms with E-state index in [2.05, 4.69) is 5.32 Å². The average molecular weight is 331 g/mol. The summed E-state index contributed by atoms with van der Waals surface area (Å²) in [6.07, 6.45) is 1.44. The number of halogens is 1. The minimum atomic E-state index is -1.27. The smallest absolute Gasteiger partial charge is 0.329 e. The average Bonchev–Trinajstić information content (AvgIpc) is 2.75. The Morgan fingerprint density at radius 3 is 2.52 bits per heavy atom. The number of nitrogens with one attached hydrogen (secondary N) is 1. The molecule has 7 heteroatoms. The Balaban J connectivity index is 1.99. The van der Waals surface area contributed by atoms with Crippen LogP contribution >= 0.6 is 11.6 Å². The fourth-order valence-corrected chi connectivity index (χ4v) is 2.57. The molecule has 2 N–H and O–H groups in total. The van der Waals surface area contributed by atoms with Crippen LogP contribution in [0, 0.1) is 0 Å². The summed E-state index contributed by atoms with van der Waals surface area (Å²) >= 11 is 6.21. The third kappa shape index (κ3) is 2.89. The molecule has 23 heavy (non-hydrogen) atoms. The van der Waals surface area contributed by atoms with Crippen molar-refractivity contribution in [2.75, 3.05) is 6.54 Å². The molecule has 1 aliphatic heterocycles. The minimum absolute atomic E-state index is 0.00608. The monoisotopic (exact) mass is 330 g/mol. The van der Waals surface area contributed by atoms with Gasteiger partial charge in [0, 0.05) is 5.02 Å². The number of hydrogen-bond acceptors (Lipinski definition) is 3. The van der Waals surface area contributed by atoms with Crippen molar-refractivity contribution in [3.63, 3.8) is 0 Å². The summed E-state index contributed by atoms with van der Waals surface area (Å²) in [6, 6.07) is 10.4. The molecule has 6 nitrogen and oxygen atoms in total. The fourth-order valence-electron chi connectivity index (χ4n) is 2.35. The Hall–Kier alpha value is -2.86. The first-order chi connectivity index (χ1) is 11.0. The lowest BCUT2D eigenvalue weighted by Gasteiger charge is -2.07. The van der Waals surface area contributed by atoms with E-state index in [4.69, 9.17) is 16.7 Å². The molecule has 1 heterocycles. The number of fused-ring (bicyclic) bond motifs is 1. The van der Waals surface area contributed by atoms with Crippen LogP contribution in [0.5, 0.6) is 0 Å². The summed E-state index contributed by atoms with van der Waals surface area (Å²) in [5.74, 6) is -1.96. The standard InChI is InChI=1S/C16H11ClN2O4/c17-12-6-10-4-2-1-3-9(10)5-11(12)7-13-15(22)19(8-14(20)21)16(23)18-13/h1-7H,8H2,(H,18,23)(H,20,21)/b13-7-. The Morgan fingerprint density at radius 2 is 1.87 bits per heavy atom. The number of carboxylic acid groups (broad SMARTS) is 1. The number of aliphatic carboxylic acids is 1. The van der Waals surface area contributed by atoms with E-state index in [1.54, 1.807) is 12.1 Å². The van der Waals surface area contributed by atoms with Crippen molar-refractivity contribution in [1.29, 1.82) is 0 Å². The zero-order valence-corrected chi connectivity index (χ0v) is 12.5. The van der Waals surface area contributed by atoms with E-state index in [-0.39, 0.29) is 5.70 Å². The summed E-state index contributed by atoms with van der Waals surface area (Å²) in [5.41, 5.74) is 0.555. The second-order valence-electron chi connectivity index (χ2n) is 4.99. The number of amides is 3. The van der Waals surface area contributed by atoms with Crippen molar-refractivity contribution in [2.24, 2.45) is 0 Å². The zero-order chi connectivity index (χ0) is 16.6. The zero-order valence-electron chi connectivity index (χ0n) is 11.7. The van der Waals surface area contributed by atoms with E-state index in [9.17, 15) is 14.4 Å². The minimum Gasteiger partial charge on any atom is -0.480 e. The van der Waals surface area contributed by atoms with Crippen LogP contribution in [-0.2, 0) is 9.59 Å². The van der Waals surface area contributed by atoms with Gasteiger partial charge in [0.25, 0.3) is 5.91 Å². The number of benzene rings is 2. The van der Waals surface area contributed by atoms with Gasteiger partial charge in [0.05, 0.1) is 0 Å². The molecule has 1 saturated heterocycles. The van der Waals surface area contributed by atoms with Crippen LogP contribution in [0.1, 0.15) is 5.56 Å². The first-order valence-corrected chi connectivity index (χ1v) is 7.08. The molecule has 1 fully saturated rings. The van der Waals surface area contributed by atoms with Crippen LogP contribution in [0.3, 0.4) is 0 Å². The van der Waals surface area contributed by atoms with Crippen LogP contribution in [0.4, 0.5) is 4.79 Å². The summed E-state index contributed by atoms with van der Waals surface area (Å²) in [7, 11) is 0. The highest BCUT2D eigenvalue weighted by molar-refractivity contribution is 6.33. The van der Waals surface area contributed by atoms with E-state index in [1.807, 2.05) is 24.3 Å². The fraction of sp³-hybridized carbons (Fsp3) is 0.0625. The molecule has 3 rings (SSSR count). The molecular weight excluding hydrogens is 320 g/mol. The molecule has 0 radical (unpaired) electrons. The lowest BCUT2D eigenvalue weighted by atomic mass is 10.1. The quantitative estimate of drug-likeness (QED) is 0.668. The number of carboxylic acids is 1. The van der Waals surface area contributed by atoms with Crippen LogP contribution in [-0.4, -0.2) is 34.5 Å². The first kappa shape index (κ1) is 15.1. The number of urea groups is 1. The van der Waals surface area contributed by atoms with Crippen LogP contribution in [0.2, 0.25) is 5.02 Å². The molecule has 0 spiro atoms. The van der Waals surface area contributed by atoms with Crippen molar-refractivity contribution in [3.05, 3.63) is 52.7 Å². The molecule has 0 atom stereocenters. The van der Waals surface area contributed by atoms with Gasteiger partial charge in [0.2, 0.25) is 0 Å². The van der Waals surface area contributed by atoms with Crippen LogP contribution < -0.4 is 5.32 Å². The number of rotatable bonds is 3. The molecule has 116 valence electrons. The largest absolute Gasteiger partial charge is 0.480 e. The Bertz CT molecular complexity index is 876. The van der Waals surface area contributed by atoms with Crippen molar-refractivity contribution < 1.29 is 19.5 Å². The number of carbonyl (C=O) groups is 3. The van der Waals surface area contributed by atoms with Crippen molar-refractivity contribution in [1.82, 2.24) is 10.2 Å². The van der Waals surface area contributed by atoms with Crippen LogP contribution in [0.25, 0.3) is 16.8 Å². The van der Waals surface area contributed by atoms with Gasteiger partial charge < -0.3 is 10.4 Å². The maximum absolute atomic E-state index is 12.1. The predicted octanol–water partition coefficient (Wildman–Crippen LogP) is 2.47. The maximum atomic E-state index is 12.1. The number of nitrogens with zero attached hydrogens (tertiary/aromatic N) is 1. The highest BCUT2D eigenvalue weighted by Crippen LogP contribution is 2.26. The van der Waals surface area contributed by atoms with Gasteiger partial charge in [0.15, 0.2) is 0 Å². The molecule has 1 aliphatic rings. The molecule has 0 aliphatic carbocycles. The topological polar surface area (TPSA) is 86.7 Å². The molecule has 2 aromatic rings. The van der Waals surface area contributed by atoms with E-state index < -0.39 is 24.5 Å². The second kappa shape index (κ2) is 5.73. The summed E-state index contributed by atoms with van der Waals surface area (Å²) < 4.78 is 0. The SMILES string of the molecule is O=C(O)CN1C(=O)N/C(=C\c2cc3ccccc3cc2Cl)C1=O. The van der Waals surface area contributed by atoms with Gasteiger partial charge in [-0.05, 0) is 34.5 Å². The number of imide groups is 1. The summed E-state index contributed by atoms with van der Waals surface area (Å²) in [6.45, 7) is -0.687. The molecule has 0 unspecified atom stereocenters. The predicted molar refractivity (Wildman–Crippen MR) is 84.8 cm³/mol. The van der Waals surface area contributed by atoms with Gasteiger partial charge >= 0.3 is 12.0 Å². The lowest BCUT2D eigenvalue weighted by molar-refractivity contribution is -0.140. The van der Waals surface area contributed by atoms with Gasteiger partial charge in [0.1, 0.15) is 12.2 Å². The van der Waals surface area contributed by atoms with Gasteiger partial charge in [-0.3, -0.25) is 9.59 Å². The van der Waals surface area contributed by atoms with Crippen molar-refractivity contribution in [2.45, 2.75) is 0 Å². The molecule has 0 bridgehead atoms. The maximum Gasteiger partial charge on any atom is 0.329 e. The highest BCUT2D eigenvalue weighted by Gasteiger charge is 2.34. The third-order valence-corrected chi connectivity index (χ3v) is 3.75. The summed E-state index contributed by atoms with van der Waals surface area (Å²) in [4.78, 5) is 35.1. The van der Waals surface area contributed by atoms with E-state index in [0.717, 1.165) is 10.8 Å². The second-order valence-corrected chi connectivity index (χ2v) is 5.40. The lowest BCUT2D eigenvalue weighted by Crippen LogP contribution is -2.35. The van der Waals surface area contributed by atoms with Crippen molar-refractivity contribution >= 4 is 46.4 Å². The molecule has 0 aromatic heterocycles. The summed E-state index contributed by atoms with van der Waals surface area (Å²) in [5, 5.41) is 13.4.